The zero-order valence-electron chi connectivity index (χ0n) is 12.9. The number of nitro groups is 1. The maximum Gasteiger partial charge on any atom is 0.293 e. The minimum Gasteiger partial charge on any atom is -0.465 e. The van der Waals surface area contributed by atoms with E-state index in [4.69, 9.17) is 0 Å². The third-order valence-corrected chi connectivity index (χ3v) is 3.41. The van der Waals surface area contributed by atoms with Crippen LogP contribution in [0.2, 0.25) is 0 Å². The van der Waals surface area contributed by atoms with E-state index in [0.717, 1.165) is 0 Å². The summed E-state index contributed by atoms with van der Waals surface area (Å²) in [6, 6.07) is 5.42. The summed E-state index contributed by atoms with van der Waals surface area (Å²) in [6.07, 6.45) is 1.92. The molecule has 0 aliphatic rings. The van der Waals surface area contributed by atoms with E-state index in [-0.39, 0.29) is 17.6 Å². The molecule has 0 saturated carbocycles. The Balaban J connectivity index is 2.66. The van der Waals surface area contributed by atoms with Gasteiger partial charge < -0.3 is 9.84 Å². The summed E-state index contributed by atoms with van der Waals surface area (Å²) >= 11 is 0. The van der Waals surface area contributed by atoms with Crippen LogP contribution in [0.3, 0.4) is 0 Å². The van der Waals surface area contributed by atoms with Crippen molar-refractivity contribution in [2.45, 2.75) is 32.5 Å². The second-order valence-electron chi connectivity index (χ2n) is 5.17. The van der Waals surface area contributed by atoms with Crippen LogP contribution in [-0.4, -0.2) is 28.4 Å². The number of carbonyl (C=O) groups is 2. The van der Waals surface area contributed by atoms with Crippen molar-refractivity contribution < 1.29 is 24.4 Å². The first-order valence-corrected chi connectivity index (χ1v) is 7.08. The molecule has 0 aliphatic carbocycles. The molecule has 1 aromatic carbocycles. The van der Waals surface area contributed by atoms with Crippen LogP contribution in [0, 0.1) is 16.0 Å². The van der Waals surface area contributed by atoms with Gasteiger partial charge in [0.15, 0.2) is 5.78 Å². The van der Waals surface area contributed by atoms with Crippen LogP contribution < -0.4 is 0 Å². The van der Waals surface area contributed by atoms with Crippen molar-refractivity contribution in [1.29, 1.82) is 0 Å². The maximum absolute atomic E-state index is 12.0. The molecule has 0 amide bonds. The van der Waals surface area contributed by atoms with Gasteiger partial charge in [0, 0.05) is 24.5 Å². The summed E-state index contributed by atoms with van der Waals surface area (Å²) in [7, 11) is 0. The molecule has 0 aromatic heterocycles. The molecule has 0 spiro atoms. The SMILES string of the molecule is C[C@H](C/C=C/C(=O)[C@@H](C)[C@@H](O)c1ccc([N+](=O)[O-])cc1)OC=O. The lowest BCUT2D eigenvalue weighted by Gasteiger charge is -2.16. The lowest BCUT2D eigenvalue weighted by Crippen LogP contribution is -2.17. The van der Waals surface area contributed by atoms with Crippen molar-refractivity contribution in [3.8, 4) is 0 Å². The summed E-state index contributed by atoms with van der Waals surface area (Å²) in [6.45, 7) is 3.61. The van der Waals surface area contributed by atoms with Crippen molar-refractivity contribution in [1.82, 2.24) is 0 Å². The van der Waals surface area contributed by atoms with E-state index in [0.29, 0.717) is 18.5 Å². The van der Waals surface area contributed by atoms with Crippen LogP contribution >= 0.6 is 0 Å². The van der Waals surface area contributed by atoms with E-state index >= 15 is 0 Å². The first-order valence-electron chi connectivity index (χ1n) is 7.08. The van der Waals surface area contributed by atoms with Crippen LogP contribution in [0.15, 0.2) is 36.4 Å². The average Bonchev–Trinajstić information content (AvgIpc) is 2.53. The molecule has 7 nitrogen and oxygen atoms in total. The molecule has 0 aliphatic heterocycles. The molecule has 1 N–H and O–H groups in total. The van der Waals surface area contributed by atoms with E-state index in [9.17, 15) is 24.8 Å². The predicted octanol–water partition coefficient (Wildman–Crippen LogP) is 2.34. The van der Waals surface area contributed by atoms with Gasteiger partial charge in [0.2, 0.25) is 0 Å². The van der Waals surface area contributed by atoms with Gasteiger partial charge in [-0.3, -0.25) is 19.7 Å². The fourth-order valence-electron chi connectivity index (χ4n) is 1.92. The van der Waals surface area contributed by atoms with E-state index < -0.39 is 16.9 Å². The topological polar surface area (TPSA) is 107 Å². The molecular weight excluding hydrogens is 302 g/mol. The number of nitrogens with zero attached hydrogens (tertiary/aromatic N) is 1. The van der Waals surface area contributed by atoms with Crippen molar-refractivity contribution in [3.05, 3.63) is 52.1 Å². The number of non-ortho nitro benzene ring substituents is 1. The van der Waals surface area contributed by atoms with Crippen LogP contribution in [0.1, 0.15) is 31.9 Å². The maximum atomic E-state index is 12.0. The lowest BCUT2D eigenvalue weighted by molar-refractivity contribution is -0.384. The first kappa shape index (κ1) is 18.5. The highest BCUT2D eigenvalue weighted by molar-refractivity contribution is 5.91. The van der Waals surface area contributed by atoms with Gasteiger partial charge in [-0.1, -0.05) is 13.0 Å². The number of ether oxygens (including phenoxy) is 1. The van der Waals surface area contributed by atoms with Crippen molar-refractivity contribution in [2.24, 2.45) is 5.92 Å². The summed E-state index contributed by atoms with van der Waals surface area (Å²) in [5, 5.41) is 20.8. The Labute approximate surface area is 133 Å². The second-order valence-corrected chi connectivity index (χ2v) is 5.17. The van der Waals surface area contributed by atoms with Gasteiger partial charge in [-0.15, -0.1) is 0 Å². The highest BCUT2D eigenvalue weighted by atomic mass is 16.6. The minimum atomic E-state index is -1.06. The van der Waals surface area contributed by atoms with Gasteiger partial charge in [0.25, 0.3) is 12.2 Å². The molecule has 23 heavy (non-hydrogen) atoms. The second kappa shape index (κ2) is 8.79. The van der Waals surface area contributed by atoms with Crippen LogP contribution in [0.4, 0.5) is 5.69 Å². The molecule has 124 valence electrons. The molecule has 0 fully saturated rings. The van der Waals surface area contributed by atoms with Gasteiger partial charge in [0.05, 0.1) is 11.0 Å². The van der Waals surface area contributed by atoms with E-state index in [1.54, 1.807) is 19.9 Å². The quantitative estimate of drug-likeness (QED) is 0.324. The Morgan fingerprint density at radius 3 is 2.48 bits per heavy atom. The fraction of sp³-hybridized carbons (Fsp3) is 0.375. The molecule has 1 aromatic rings. The molecule has 3 atom stereocenters. The molecule has 0 saturated heterocycles. The van der Waals surface area contributed by atoms with Crippen molar-refractivity contribution in [3.63, 3.8) is 0 Å². The minimum absolute atomic E-state index is 0.0796. The Hall–Kier alpha value is -2.54. The Bertz CT molecular complexity index is 581. The first-order chi connectivity index (χ1) is 10.9. The molecule has 0 unspecified atom stereocenters. The molecule has 7 heteroatoms. The number of aliphatic hydroxyl groups is 1. The van der Waals surface area contributed by atoms with Gasteiger partial charge in [-0.25, -0.2) is 0 Å². The van der Waals surface area contributed by atoms with Crippen LogP contribution in [0.25, 0.3) is 0 Å². The summed E-state index contributed by atoms with van der Waals surface area (Å²) in [5.41, 5.74) is 0.353. The number of hydrogen-bond donors (Lipinski definition) is 1. The highest BCUT2D eigenvalue weighted by Crippen LogP contribution is 2.24. The van der Waals surface area contributed by atoms with Crippen LogP contribution in [0.5, 0.6) is 0 Å². The number of carbonyl (C=O) groups excluding carboxylic acids is 2. The van der Waals surface area contributed by atoms with Gasteiger partial charge in [0.1, 0.15) is 6.10 Å². The van der Waals surface area contributed by atoms with Crippen molar-refractivity contribution >= 4 is 17.9 Å². The average molecular weight is 321 g/mol. The number of aliphatic hydroxyl groups excluding tert-OH is 1. The number of hydrogen-bond acceptors (Lipinski definition) is 6. The summed E-state index contributed by atoms with van der Waals surface area (Å²) in [5.74, 6) is -0.982. The molecule has 1 rings (SSSR count). The van der Waals surface area contributed by atoms with E-state index in [1.807, 2.05) is 0 Å². The Morgan fingerprint density at radius 1 is 1.35 bits per heavy atom. The number of rotatable bonds is 9. The molecule has 0 radical (unpaired) electrons. The Morgan fingerprint density at radius 2 is 1.96 bits per heavy atom. The van der Waals surface area contributed by atoms with Gasteiger partial charge in [-0.2, -0.15) is 0 Å². The van der Waals surface area contributed by atoms with E-state index in [2.05, 4.69) is 4.74 Å². The summed E-state index contributed by atoms with van der Waals surface area (Å²) in [4.78, 5) is 32.2. The number of benzene rings is 1. The predicted molar refractivity (Wildman–Crippen MR) is 82.6 cm³/mol. The third-order valence-electron chi connectivity index (χ3n) is 3.41. The van der Waals surface area contributed by atoms with Gasteiger partial charge in [-0.05, 0) is 30.7 Å². The van der Waals surface area contributed by atoms with Gasteiger partial charge >= 0.3 is 0 Å². The lowest BCUT2D eigenvalue weighted by atomic mass is 9.93. The summed E-state index contributed by atoms with van der Waals surface area (Å²) < 4.78 is 4.68. The highest BCUT2D eigenvalue weighted by Gasteiger charge is 2.22. The number of nitro benzene ring substituents is 1. The Kier molecular flexibility index (Phi) is 7.08. The largest absolute Gasteiger partial charge is 0.465 e. The third kappa shape index (κ3) is 5.63. The van der Waals surface area contributed by atoms with Crippen LogP contribution in [-0.2, 0) is 14.3 Å². The zero-order chi connectivity index (χ0) is 17.4. The number of ketones is 1. The molecular formula is C16H19NO6. The molecule has 0 bridgehead atoms. The van der Waals surface area contributed by atoms with Crippen molar-refractivity contribution in [2.75, 3.05) is 0 Å². The monoisotopic (exact) mass is 321 g/mol. The number of allylic oxidation sites excluding steroid dienone is 1. The van der Waals surface area contributed by atoms with E-state index in [1.165, 1.54) is 30.3 Å². The zero-order valence-corrected chi connectivity index (χ0v) is 12.9. The standard InChI is InChI=1S/C16H19NO6/c1-11(23-10-18)4-3-5-15(19)12(2)16(20)13-6-8-14(9-7-13)17(21)22/h3,5-12,16,20H,4H2,1-2H3/b5-3+/t11-,12-,16-/m1/s1. The normalized spacial score (nSPS) is 14.9. The fourth-order valence-corrected chi connectivity index (χ4v) is 1.92. The smallest absolute Gasteiger partial charge is 0.293 e. The molecule has 0 heterocycles.